The molecule has 1 aromatic carbocycles. The highest BCUT2D eigenvalue weighted by Crippen LogP contribution is 2.14. The van der Waals surface area contributed by atoms with Gasteiger partial charge in [0.05, 0.1) is 6.42 Å². The van der Waals surface area contributed by atoms with Gasteiger partial charge in [-0.05, 0) is 37.3 Å². The average Bonchev–Trinajstić information content (AvgIpc) is 2.29. The van der Waals surface area contributed by atoms with Gasteiger partial charge in [0.1, 0.15) is 5.78 Å². The van der Waals surface area contributed by atoms with E-state index in [0.717, 1.165) is 6.42 Å². The number of carbonyl (C=O) groups is 2. The van der Waals surface area contributed by atoms with Crippen molar-refractivity contribution in [1.82, 2.24) is 5.32 Å². The van der Waals surface area contributed by atoms with Crippen molar-refractivity contribution in [3.63, 3.8) is 0 Å². The Balaban J connectivity index is 2.30. The minimum absolute atomic E-state index is 0.0224. The molecule has 0 radical (unpaired) electrons. The monoisotopic (exact) mass is 251 g/mol. The Morgan fingerprint density at radius 3 is 2.41 bits per heavy atom. The first-order chi connectivity index (χ1) is 8.11. The van der Waals surface area contributed by atoms with Crippen LogP contribution in [0.2, 0.25) is 0 Å². The lowest BCUT2D eigenvalue weighted by atomic mass is 10.1. The number of rotatable bonds is 6. The second-order valence-electron chi connectivity index (χ2n) is 3.83. The largest absolute Gasteiger partial charge is 0.355 e. The van der Waals surface area contributed by atoms with Crippen molar-refractivity contribution >= 4 is 23.5 Å². The number of carbonyl (C=O) groups excluding carboxylic acids is 2. The smallest absolute Gasteiger partial charge is 0.227 e. The number of ketones is 1. The van der Waals surface area contributed by atoms with E-state index in [1.54, 1.807) is 11.8 Å². The fraction of sp³-hybridized carbons (Fsp3) is 0.385. The Kier molecular flexibility index (Phi) is 5.77. The third kappa shape index (κ3) is 5.54. The van der Waals surface area contributed by atoms with Crippen LogP contribution in [0.3, 0.4) is 0 Å². The molecule has 0 atom stereocenters. The van der Waals surface area contributed by atoms with Crippen molar-refractivity contribution in [3.05, 3.63) is 29.8 Å². The van der Waals surface area contributed by atoms with Crippen LogP contribution in [-0.2, 0) is 16.0 Å². The minimum Gasteiger partial charge on any atom is -0.355 e. The van der Waals surface area contributed by atoms with Crippen LogP contribution >= 0.6 is 11.8 Å². The van der Waals surface area contributed by atoms with Crippen LogP contribution in [0.4, 0.5) is 0 Å². The summed E-state index contributed by atoms with van der Waals surface area (Å²) in [5.41, 5.74) is 1.19. The van der Waals surface area contributed by atoms with Crippen LogP contribution in [0.25, 0.3) is 0 Å². The summed E-state index contributed by atoms with van der Waals surface area (Å²) in [6.45, 7) is 1.99. The zero-order chi connectivity index (χ0) is 12.7. The number of hydrogen-bond acceptors (Lipinski definition) is 3. The lowest BCUT2D eigenvalue weighted by Crippen LogP contribution is -2.27. The molecule has 1 rings (SSSR count). The van der Waals surface area contributed by atoms with Crippen LogP contribution in [0.15, 0.2) is 29.2 Å². The van der Waals surface area contributed by atoms with Crippen LogP contribution in [0.1, 0.15) is 18.9 Å². The van der Waals surface area contributed by atoms with Crippen LogP contribution in [-0.4, -0.2) is 24.5 Å². The second kappa shape index (κ2) is 7.12. The summed E-state index contributed by atoms with van der Waals surface area (Å²) < 4.78 is 0. The van der Waals surface area contributed by atoms with E-state index >= 15 is 0 Å². The van der Waals surface area contributed by atoms with Crippen molar-refractivity contribution in [2.45, 2.75) is 24.7 Å². The number of thioether (sulfide) groups is 1. The zero-order valence-electron chi connectivity index (χ0n) is 10.2. The highest BCUT2D eigenvalue weighted by Gasteiger charge is 2.03. The number of Topliss-reactive ketones (excluding diaryl/α,β-unsaturated/α-hetero) is 1. The Morgan fingerprint density at radius 1 is 1.24 bits per heavy atom. The highest BCUT2D eigenvalue weighted by molar-refractivity contribution is 7.98. The van der Waals surface area contributed by atoms with E-state index in [1.807, 2.05) is 6.26 Å². The SMILES string of the molecule is CSc1ccc(CCNC(=O)CC(C)=O)cc1. The summed E-state index contributed by atoms with van der Waals surface area (Å²) in [6, 6.07) is 8.25. The summed E-state index contributed by atoms with van der Waals surface area (Å²) in [7, 11) is 0. The van der Waals surface area contributed by atoms with Crippen LogP contribution < -0.4 is 5.32 Å². The molecule has 0 aliphatic heterocycles. The van der Waals surface area contributed by atoms with E-state index in [4.69, 9.17) is 0 Å². The van der Waals surface area contributed by atoms with Gasteiger partial charge >= 0.3 is 0 Å². The summed E-state index contributed by atoms with van der Waals surface area (Å²) in [6.07, 6.45) is 2.81. The van der Waals surface area contributed by atoms with E-state index in [0.29, 0.717) is 6.54 Å². The van der Waals surface area contributed by atoms with Gasteiger partial charge in [0.15, 0.2) is 0 Å². The van der Waals surface area contributed by atoms with Crippen molar-refractivity contribution in [2.24, 2.45) is 0 Å². The quantitative estimate of drug-likeness (QED) is 0.621. The van der Waals surface area contributed by atoms with Gasteiger partial charge in [-0.15, -0.1) is 11.8 Å². The third-order valence-corrected chi connectivity index (χ3v) is 3.05. The minimum atomic E-state index is -0.196. The zero-order valence-corrected chi connectivity index (χ0v) is 11.0. The molecule has 0 saturated heterocycles. The first kappa shape index (κ1) is 13.8. The molecule has 17 heavy (non-hydrogen) atoms. The molecule has 0 aromatic heterocycles. The molecule has 0 aliphatic rings. The van der Waals surface area contributed by atoms with E-state index in [9.17, 15) is 9.59 Å². The van der Waals surface area contributed by atoms with Crippen LogP contribution in [0, 0.1) is 0 Å². The van der Waals surface area contributed by atoms with E-state index in [-0.39, 0.29) is 18.1 Å². The molecular weight excluding hydrogens is 234 g/mol. The summed E-state index contributed by atoms with van der Waals surface area (Å²) in [4.78, 5) is 23.1. The Bertz CT molecular complexity index is 387. The van der Waals surface area contributed by atoms with Crippen LogP contribution in [0.5, 0.6) is 0 Å². The summed E-state index contributed by atoms with van der Waals surface area (Å²) in [5, 5.41) is 2.73. The van der Waals surface area contributed by atoms with E-state index in [1.165, 1.54) is 17.4 Å². The fourth-order valence-electron chi connectivity index (χ4n) is 1.43. The normalized spacial score (nSPS) is 10.0. The summed E-state index contributed by atoms with van der Waals surface area (Å²) in [5.74, 6) is -0.301. The van der Waals surface area contributed by atoms with Gasteiger partial charge in [0.25, 0.3) is 0 Å². The molecular formula is C13H17NO2S. The highest BCUT2D eigenvalue weighted by atomic mass is 32.2. The second-order valence-corrected chi connectivity index (χ2v) is 4.71. The molecule has 92 valence electrons. The maximum Gasteiger partial charge on any atom is 0.227 e. The van der Waals surface area contributed by atoms with Gasteiger partial charge in [0, 0.05) is 11.4 Å². The maximum absolute atomic E-state index is 11.2. The lowest BCUT2D eigenvalue weighted by Gasteiger charge is -2.04. The molecule has 0 bridgehead atoms. The Hall–Kier alpha value is -1.29. The predicted molar refractivity (Wildman–Crippen MR) is 70.2 cm³/mol. The van der Waals surface area contributed by atoms with Crippen molar-refractivity contribution in [1.29, 1.82) is 0 Å². The first-order valence-electron chi connectivity index (χ1n) is 5.51. The molecule has 0 unspecified atom stereocenters. The van der Waals surface area contributed by atoms with Crippen molar-refractivity contribution in [3.8, 4) is 0 Å². The van der Waals surface area contributed by atoms with Gasteiger partial charge in [0.2, 0.25) is 5.91 Å². The average molecular weight is 251 g/mol. The van der Waals surface area contributed by atoms with Gasteiger partial charge in [-0.3, -0.25) is 9.59 Å². The lowest BCUT2D eigenvalue weighted by molar-refractivity contribution is -0.127. The number of amides is 1. The van der Waals surface area contributed by atoms with Crippen molar-refractivity contribution in [2.75, 3.05) is 12.8 Å². The molecule has 0 fully saturated rings. The predicted octanol–water partition coefficient (Wildman–Crippen LogP) is 2.05. The number of nitrogens with one attached hydrogen (secondary N) is 1. The standard InChI is InChI=1S/C13H17NO2S/c1-10(15)9-13(16)14-8-7-11-3-5-12(17-2)6-4-11/h3-6H,7-9H2,1-2H3,(H,14,16). The molecule has 0 saturated carbocycles. The first-order valence-corrected chi connectivity index (χ1v) is 6.73. The number of hydrogen-bond donors (Lipinski definition) is 1. The topological polar surface area (TPSA) is 46.2 Å². The molecule has 1 amide bonds. The Morgan fingerprint density at radius 2 is 1.88 bits per heavy atom. The molecule has 4 heteroatoms. The van der Waals surface area contributed by atoms with E-state index < -0.39 is 0 Å². The molecule has 0 heterocycles. The Labute approximate surface area is 106 Å². The molecule has 3 nitrogen and oxygen atoms in total. The fourth-order valence-corrected chi connectivity index (χ4v) is 1.84. The molecule has 0 spiro atoms. The van der Waals surface area contributed by atoms with Gasteiger partial charge in [-0.2, -0.15) is 0 Å². The molecule has 0 aliphatic carbocycles. The van der Waals surface area contributed by atoms with Crippen molar-refractivity contribution < 1.29 is 9.59 Å². The number of benzene rings is 1. The third-order valence-electron chi connectivity index (χ3n) is 2.30. The van der Waals surface area contributed by atoms with Gasteiger partial charge in [-0.25, -0.2) is 0 Å². The molecule has 1 aromatic rings. The molecule has 1 N–H and O–H groups in total. The van der Waals surface area contributed by atoms with Gasteiger partial charge < -0.3 is 5.32 Å². The van der Waals surface area contributed by atoms with E-state index in [2.05, 4.69) is 29.6 Å². The summed E-state index contributed by atoms with van der Waals surface area (Å²) >= 11 is 1.71. The van der Waals surface area contributed by atoms with Gasteiger partial charge in [-0.1, -0.05) is 12.1 Å². The maximum atomic E-state index is 11.2.